The first-order chi connectivity index (χ1) is 17.9. The third-order valence-electron chi connectivity index (χ3n) is 6.75. The van der Waals surface area contributed by atoms with Gasteiger partial charge in [-0.3, -0.25) is 4.79 Å². The Balaban J connectivity index is 1.90. The van der Waals surface area contributed by atoms with Crippen molar-refractivity contribution in [2.24, 2.45) is 5.92 Å². The van der Waals surface area contributed by atoms with E-state index in [4.69, 9.17) is 4.74 Å². The minimum absolute atomic E-state index is 0.0000656. The molecule has 0 aromatic heterocycles. The summed E-state index contributed by atoms with van der Waals surface area (Å²) in [4.78, 5) is 13.8. The van der Waals surface area contributed by atoms with Gasteiger partial charge in [0.2, 0.25) is 0 Å². The summed E-state index contributed by atoms with van der Waals surface area (Å²) < 4.78 is 35.2. The fourth-order valence-corrected chi connectivity index (χ4v) is 6.94. The number of fused-ring (bicyclic) bond motifs is 1. The second kappa shape index (κ2) is 9.84. The van der Waals surface area contributed by atoms with E-state index < -0.39 is 33.6 Å². The van der Waals surface area contributed by atoms with Crippen LogP contribution in [-0.2, 0) is 25.3 Å². The molecule has 3 atom stereocenters. The largest absolute Gasteiger partial charge is 0.466 e. The van der Waals surface area contributed by atoms with Gasteiger partial charge in [0.05, 0.1) is 17.2 Å². The predicted octanol–water partition coefficient (Wildman–Crippen LogP) is 5.05. The van der Waals surface area contributed by atoms with E-state index in [0.717, 1.165) is 9.87 Å². The number of carbonyl (C=O) groups is 1. The summed E-state index contributed by atoms with van der Waals surface area (Å²) in [5.74, 6) is -2.67. The van der Waals surface area contributed by atoms with Crippen LogP contribution >= 0.6 is 0 Å². The highest BCUT2D eigenvalue weighted by atomic mass is 32.2. The molecule has 4 aromatic rings. The second-order valence-electron chi connectivity index (χ2n) is 8.85. The molecule has 4 aromatic carbocycles. The number of rotatable bonds is 6. The summed E-state index contributed by atoms with van der Waals surface area (Å²) in [5.41, 5.74) is -0.363. The maximum Gasteiger partial charge on any atom is 0.315 e. The number of esters is 1. The smallest absolute Gasteiger partial charge is 0.315 e. The van der Waals surface area contributed by atoms with Gasteiger partial charge in [-0.05, 0) is 36.2 Å². The van der Waals surface area contributed by atoms with Crippen molar-refractivity contribution >= 4 is 21.7 Å². The van der Waals surface area contributed by atoms with Crippen molar-refractivity contribution in [2.45, 2.75) is 23.5 Å². The predicted molar refractivity (Wildman–Crippen MR) is 141 cm³/mol. The van der Waals surface area contributed by atoms with Crippen LogP contribution in [0.3, 0.4) is 0 Å². The Morgan fingerprint density at radius 2 is 1.38 bits per heavy atom. The molecule has 0 unspecified atom stereocenters. The number of hydrogen-bond donors (Lipinski definition) is 1. The van der Waals surface area contributed by atoms with E-state index in [0.29, 0.717) is 11.3 Å². The van der Waals surface area contributed by atoms with Gasteiger partial charge in [-0.1, -0.05) is 97.1 Å². The monoisotopic (exact) mass is 513 g/mol. The Bertz CT molecular complexity index is 1490. The fourth-order valence-electron chi connectivity index (χ4n) is 5.21. The number of sulfonamides is 1. The summed E-state index contributed by atoms with van der Waals surface area (Å²) >= 11 is 0. The van der Waals surface area contributed by atoms with Gasteiger partial charge in [0.25, 0.3) is 10.0 Å². The van der Waals surface area contributed by atoms with E-state index in [1.165, 1.54) is 12.1 Å². The lowest BCUT2D eigenvalue weighted by molar-refractivity contribution is -0.160. The SMILES string of the molecule is CCOC(=O)[C@H]1[C@H](c2ccccc2)c2ccccc2N(S(=O)(=O)c2ccccc2)[C@]1(O)c1ccccc1. The molecule has 0 spiro atoms. The third kappa shape index (κ3) is 4.10. The average Bonchev–Trinajstić information content (AvgIpc) is 2.93. The maximum absolute atomic E-state index is 14.3. The van der Waals surface area contributed by atoms with Crippen molar-refractivity contribution in [3.63, 3.8) is 0 Å². The molecule has 1 aliphatic rings. The molecule has 0 saturated heterocycles. The number of aliphatic hydroxyl groups is 1. The van der Waals surface area contributed by atoms with Crippen LogP contribution < -0.4 is 4.31 Å². The highest BCUT2D eigenvalue weighted by molar-refractivity contribution is 7.92. The van der Waals surface area contributed by atoms with Gasteiger partial charge >= 0.3 is 5.97 Å². The Kier molecular flexibility index (Phi) is 6.58. The molecule has 0 fully saturated rings. The lowest BCUT2D eigenvalue weighted by Crippen LogP contribution is -2.61. The van der Waals surface area contributed by atoms with Gasteiger partial charge in [0, 0.05) is 11.5 Å². The quantitative estimate of drug-likeness (QED) is 0.365. The Hall–Kier alpha value is -3.94. The highest BCUT2D eigenvalue weighted by Crippen LogP contribution is 2.55. The molecule has 37 heavy (non-hydrogen) atoms. The first-order valence-electron chi connectivity index (χ1n) is 12.1. The molecular weight excluding hydrogens is 486 g/mol. The van der Waals surface area contributed by atoms with Crippen LogP contribution in [0.25, 0.3) is 0 Å². The first kappa shape index (κ1) is 24.7. The molecule has 1 heterocycles. The molecule has 0 bridgehead atoms. The van der Waals surface area contributed by atoms with Crippen molar-refractivity contribution in [3.05, 3.63) is 132 Å². The highest BCUT2D eigenvalue weighted by Gasteiger charge is 2.60. The standard InChI is InChI=1S/C30H27NO5S/c1-2-36-29(32)28-27(22-14-6-3-7-15-22)25-20-12-13-21-26(25)31(30(28,33)23-16-8-4-9-17-23)37(34,35)24-18-10-5-11-19-24/h3-21,27-28,33H,2H2,1H3/t27-,28-,30+/m1/s1. The van der Waals surface area contributed by atoms with Crippen LogP contribution in [0.15, 0.2) is 120 Å². The minimum atomic E-state index is -4.34. The molecule has 1 aliphatic heterocycles. The third-order valence-corrected chi connectivity index (χ3v) is 8.57. The maximum atomic E-state index is 14.3. The molecule has 6 nitrogen and oxygen atoms in total. The molecule has 5 rings (SSSR count). The van der Waals surface area contributed by atoms with Gasteiger partial charge in [-0.2, -0.15) is 0 Å². The summed E-state index contributed by atoms with van der Waals surface area (Å²) in [7, 11) is -4.34. The topological polar surface area (TPSA) is 83.9 Å². The molecule has 0 saturated carbocycles. The summed E-state index contributed by atoms with van der Waals surface area (Å²) in [6.45, 7) is 1.76. The van der Waals surface area contributed by atoms with Gasteiger partial charge in [0.15, 0.2) is 5.72 Å². The summed E-state index contributed by atoms with van der Waals surface area (Å²) in [5, 5.41) is 12.8. The number of ether oxygens (including phenoxy) is 1. The van der Waals surface area contributed by atoms with Crippen LogP contribution in [0.5, 0.6) is 0 Å². The Morgan fingerprint density at radius 1 is 0.838 bits per heavy atom. The average molecular weight is 514 g/mol. The molecule has 188 valence electrons. The minimum Gasteiger partial charge on any atom is -0.466 e. The lowest BCUT2D eigenvalue weighted by Gasteiger charge is -2.51. The lowest BCUT2D eigenvalue weighted by atomic mass is 9.70. The number of hydrogen-bond acceptors (Lipinski definition) is 5. The number of anilines is 1. The van der Waals surface area contributed by atoms with Crippen molar-refractivity contribution < 1.29 is 23.1 Å². The van der Waals surface area contributed by atoms with E-state index in [1.54, 1.807) is 79.7 Å². The first-order valence-corrected chi connectivity index (χ1v) is 13.5. The molecule has 0 amide bonds. The van der Waals surface area contributed by atoms with Gasteiger partial charge in [-0.25, -0.2) is 12.7 Å². The number of nitrogens with zero attached hydrogens (tertiary/aromatic N) is 1. The van der Waals surface area contributed by atoms with E-state index in [2.05, 4.69) is 0 Å². The molecule has 7 heteroatoms. The summed E-state index contributed by atoms with van der Waals surface area (Å²) in [6.07, 6.45) is 0. The van der Waals surface area contributed by atoms with Gasteiger partial charge in [-0.15, -0.1) is 0 Å². The zero-order valence-electron chi connectivity index (χ0n) is 20.3. The van der Waals surface area contributed by atoms with Crippen molar-refractivity contribution in [2.75, 3.05) is 10.9 Å². The van der Waals surface area contributed by atoms with Gasteiger partial charge < -0.3 is 9.84 Å². The summed E-state index contributed by atoms with van der Waals surface area (Å²) in [6, 6.07) is 32.7. The Morgan fingerprint density at radius 3 is 2.00 bits per heavy atom. The van der Waals surface area contributed by atoms with E-state index in [9.17, 15) is 18.3 Å². The van der Waals surface area contributed by atoms with E-state index in [1.807, 2.05) is 30.3 Å². The molecule has 0 aliphatic carbocycles. The number of para-hydroxylation sites is 1. The second-order valence-corrected chi connectivity index (χ2v) is 10.6. The van der Waals surface area contributed by atoms with E-state index in [-0.39, 0.29) is 17.1 Å². The number of carbonyl (C=O) groups excluding carboxylic acids is 1. The van der Waals surface area contributed by atoms with E-state index >= 15 is 0 Å². The normalized spacial score (nSPS) is 21.2. The van der Waals surface area contributed by atoms with Crippen LogP contribution in [0.4, 0.5) is 5.69 Å². The molecule has 1 N–H and O–H groups in total. The zero-order valence-corrected chi connectivity index (χ0v) is 21.1. The fraction of sp³-hybridized carbons (Fsp3) is 0.167. The van der Waals surface area contributed by atoms with Crippen LogP contribution in [0.1, 0.15) is 29.5 Å². The molecule has 0 radical (unpaired) electrons. The zero-order chi connectivity index (χ0) is 26.0. The van der Waals surface area contributed by atoms with Gasteiger partial charge in [0.1, 0.15) is 5.92 Å². The van der Waals surface area contributed by atoms with Crippen molar-refractivity contribution in [3.8, 4) is 0 Å². The van der Waals surface area contributed by atoms with Crippen molar-refractivity contribution in [1.82, 2.24) is 0 Å². The Labute approximate surface area is 216 Å². The van der Waals surface area contributed by atoms with Crippen LogP contribution in [-0.4, -0.2) is 26.1 Å². The number of benzene rings is 4. The van der Waals surface area contributed by atoms with Crippen molar-refractivity contribution in [1.29, 1.82) is 0 Å². The molecular formula is C30H27NO5S. The van der Waals surface area contributed by atoms with Crippen LogP contribution in [0.2, 0.25) is 0 Å². The van der Waals surface area contributed by atoms with Crippen LogP contribution in [0, 0.1) is 5.92 Å².